The molecule has 3 rings (SSSR count). The predicted molar refractivity (Wildman–Crippen MR) is 95.3 cm³/mol. The van der Waals surface area contributed by atoms with Crippen LogP contribution in [0.2, 0.25) is 0 Å². The fourth-order valence-corrected chi connectivity index (χ4v) is 2.79. The van der Waals surface area contributed by atoms with Gasteiger partial charge in [-0.05, 0) is 43.3 Å². The molecule has 0 saturated carbocycles. The zero-order chi connectivity index (χ0) is 19.4. The SMILES string of the molecule is Cc1cccc(-c2nnc(SCC(=O)Nc3ccc(C(F)(F)F)cc3)o2)c1. The van der Waals surface area contributed by atoms with Gasteiger partial charge in [0.15, 0.2) is 0 Å². The minimum absolute atomic E-state index is 0.0174. The number of nitrogens with one attached hydrogen (secondary N) is 1. The topological polar surface area (TPSA) is 68.0 Å². The van der Waals surface area contributed by atoms with Crippen LogP contribution in [0.25, 0.3) is 11.5 Å². The lowest BCUT2D eigenvalue weighted by atomic mass is 10.1. The van der Waals surface area contributed by atoms with Crippen LogP contribution >= 0.6 is 11.8 Å². The van der Waals surface area contributed by atoms with E-state index < -0.39 is 17.6 Å². The molecule has 9 heteroatoms. The number of halogens is 3. The molecule has 1 heterocycles. The molecule has 0 aliphatic carbocycles. The minimum Gasteiger partial charge on any atom is -0.411 e. The number of rotatable bonds is 5. The first kappa shape index (κ1) is 19.0. The quantitative estimate of drug-likeness (QED) is 0.631. The normalized spacial score (nSPS) is 11.4. The molecule has 140 valence electrons. The molecule has 0 aliphatic heterocycles. The molecular formula is C18H14F3N3O2S. The summed E-state index contributed by atoms with van der Waals surface area (Å²) in [7, 11) is 0. The van der Waals surface area contributed by atoms with E-state index in [4.69, 9.17) is 4.42 Å². The van der Waals surface area contributed by atoms with Gasteiger partial charge >= 0.3 is 6.18 Å². The largest absolute Gasteiger partial charge is 0.416 e. The van der Waals surface area contributed by atoms with Gasteiger partial charge in [-0.2, -0.15) is 13.2 Å². The summed E-state index contributed by atoms with van der Waals surface area (Å²) in [6.07, 6.45) is -4.41. The van der Waals surface area contributed by atoms with Crippen LogP contribution in [0.5, 0.6) is 0 Å². The lowest BCUT2D eigenvalue weighted by Gasteiger charge is -2.08. The van der Waals surface area contributed by atoms with Crippen LogP contribution < -0.4 is 5.32 Å². The summed E-state index contributed by atoms with van der Waals surface area (Å²) in [4.78, 5) is 11.9. The molecule has 0 fully saturated rings. The second-order valence-corrected chi connectivity index (χ2v) is 6.58. The first-order valence-corrected chi connectivity index (χ1v) is 8.80. The number of carbonyl (C=O) groups is 1. The molecule has 27 heavy (non-hydrogen) atoms. The van der Waals surface area contributed by atoms with E-state index in [0.717, 1.165) is 35.0 Å². The van der Waals surface area contributed by atoms with Crippen LogP contribution in [0.3, 0.4) is 0 Å². The predicted octanol–water partition coefficient (Wildman–Crippen LogP) is 4.79. The average Bonchev–Trinajstić information content (AvgIpc) is 3.09. The number of hydrogen-bond donors (Lipinski definition) is 1. The molecule has 2 aromatic carbocycles. The molecule has 3 aromatic rings. The van der Waals surface area contributed by atoms with Crippen molar-refractivity contribution >= 4 is 23.4 Å². The number of amides is 1. The average molecular weight is 393 g/mol. The second kappa shape index (κ2) is 7.83. The van der Waals surface area contributed by atoms with Gasteiger partial charge in [-0.15, -0.1) is 10.2 Å². The number of alkyl halides is 3. The summed E-state index contributed by atoms with van der Waals surface area (Å²) in [6.45, 7) is 1.95. The smallest absolute Gasteiger partial charge is 0.411 e. The van der Waals surface area contributed by atoms with Crippen LogP contribution in [0.4, 0.5) is 18.9 Å². The molecule has 0 bridgehead atoms. The van der Waals surface area contributed by atoms with E-state index in [1.54, 1.807) is 0 Å². The van der Waals surface area contributed by atoms with Crippen molar-refractivity contribution < 1.29 is 22.4 Å². The minimum atomic E-state index is -4.41. The first-order chi connectivity index (χ1) is 12.8. The van der Waals surface area contributed by atoms with Crippen molar-refractivity contribution in [2.45, 2.75) is 18.3 Å². The Morgan fingerprint density at radius 2 is 1.89 bits per heavy atom. The third-order valence-electron chi connectivity index (χ3n) is 3.49. The zero-order valence-electron chi connectivity index (χ0n) is 14.1. The van der Waals surface area contributed by atoms with Gasteiger partial charge in [-0.1, -0.05) is 29.5 Å². The molecule has 1 amide bonds. The number of anilines is 1. The number of carbonyl (C=O) groups excluding carboxylic acids is 1. The van der Waals surface area contributed by atoms with Crippen molar-refractivity contribution in [3.05, 3.63) is 59.7 Å². The van der Waals surface area contributed by atoms with Crippen LogP contribution in [-0.2, 0) is 11.0 Å². The Hall–Kier alpha value is -2.81. The fraction of sp³-hybridized carbons (Fsp3) is 0.167. The lowest BCUT2D eigenvalue weighted by molar-refractivity contribution is -0.137. The van der Waals surface area contributed by atoms with E-state index in [1.807, 2.05) is 31.2 Å². The summed E-state index contributed by atoms with van der Waals surface area (Å²) in [5.74, 6) is -0.0596. The molecular weight excluding hydrogens is 379 g/mol. The van der Waals surface area contributed by atoms with Gasteiger partial charge in [0.05, 0.1) is 11.3 Å². The monoisotopic (exact) mass is 393 g/mol. The van der Waals surface area contributed by atoms with E-state index in [0.29, 0.717) is 5.89 Å². The van der Waals surface area contributed by atoms with Crippen LogP contribution in [-0.4, -0.2) is 21.9 Å². The summed E-state index contributed by atoms with van der Waals surface area (Å²) in [5, 5.41) is 10.6. The highest BCUT2D eigenvalue weighted by atomic mass is 32.2. The molecule has 1 N–H and O–H groups in total. The Morgan fingerprint density at radius 3 is 2.56 bits per heavy atom. The summed E-state index contributed by atoms with van der Waals surface area (Å²) in [6, 6.07) is 11.8. The molecule has 0 aliphatic rings. The van der Waals surface area contributed by atoms with Crippen LogP contribution in [0, 0.1) is 6.92 Å². The Labute approximate surface area is 157 Å². The van der Waals surface area contributed by atoms with E-state index in [-0.39, 0.29) is 16.7 Å². The number of aryl methyl sites for hydroxylation is 1. The lowest BCUT2D eigenvalue weighted by Crippen LogP contribution is -2.14. The van der Waals surface area contributed by atoms with E-state index in [2.05, 4.69) is 15.5 Å². The molecule has 1 aromatic heterocycles. The van der Waals surface area contributed by atoms with Crippen molar-refractivity contribution in [2.24, 2.45) is 0 Å². The number of hydrogen-bond acceptors (Lipinski definition) is 5. The summed E-state index contributed by atoms with van der Waals surface area (Å²) < 4.78 is 43.1. The third kappa shape index (κ3) is 5.10. The number of thioether (sulfide) groups is 1. The van der Waals surface area contributed by atoms with E-state index in [1.165, 1.54) is 12.1 Å². The second-order valence-electron chi connectivity index (χ2n) is 5.65. The highest BCUT2D eigenvalue weighted by Crippen LogP contribution is 2.30. The van der Waals surface area contributed by atoms with Gasteiger partial charge in [0.2, 0.25) is 11.8 Å². The Kier molecular flexibility index (Phi) is 5.50. The van der Waals surface area contributed by atoms with Gasteiger partial charge < -0.3 is 9.73 Å². The van der Waals surface area contributed by atoms with Crippen LogP contribution in [0.15, 0.2) is 58.2 Å². The molecule has 0 atom stereocenters. The van der Waals surface area contributed by atoms with Crippen LogP contribution in [0.1, 0.15) is 11.1 Å². The highest BCUT2D eigenvalue weighted by molar-refractivity contribution is 7.99. The van der Waals surface area contributed by atoms with Gasteiger partial charge in [-0.25, -0.2) is 0 Å². The molecule has 0 spiro atoms. The van der Waals surface area contributed by atoms with Crippen molar-refractivity contribution in [3.8, 4) is 11.5 Å². The van der Waals surface area contributed by atoms with E-state index in [9.17, 15) is 18.0 Å². The Bertz CT molecular complexity index is 940. The van der Waals surface area contributed by atoms with Gasteiger partial charge in [0.25, 0.3) is 5.22 Å². The Balaban J connectivity index is 1.55. The van der Waals surface area contributed by atoms with E-state index >= 15 is 0 Å². The molecule has 0 unspecified atom stereocenters. The third-order valence-corrected chi connectivity index (χ3v) is 4.31. The number of aromatic nitrogens is 2. The molecule has 0 saturated heterocycles. The first-order valence-electron chi connectivity index (χ1n) is 7.82. The zero-order valence-corrected chi connectivity index (χ0v) is 14.9. The fourth-order valence-electron chi connectivity index (χ4n) is 2.23. The number of benzene rings is 2. The molecule has 0 radical (unpaired) electrons. The Morgan fingerprint density at radius 1 is 1.15 bits per heavy atom. The van der Waals surface area contributed by atoms with Crippen molar-refractivity contribution in [2.75, 3.05) is 11.1 Å². The van der Waals surface area contributed by atoms with Crippen molar-refractivity contribution in [1.82, 2.24) is 10.2 Å². The molecule has 5 nitrogen and oxygen atoms in total. The highest BCUT2D eigenvalue weighted by Gasteiger charge is 2.30. The summed E-state index contributed by atoms with van der Waals surface area (Å²) >= 11 is 1.04. The van der Waals surface area contributed by atoms with Crippen molar-refractivity contribution in [1.29, 1.82) is 0 Å². The maximum atomic E-state index is 12.5. The van der Waals surface area contributed by atoms with Gasteiger partial charge in [-0.3, -0.25) is 4.79 Å². The maximum Gasteiger partial charge on any atom is 0.416 e. The standard InChI is InChI=1S/C18H14F3N3O2S/c1-11-3-2-4-12(9-11)16-23-24-17(26-16)27-10-15(25)22-14-7-5-13(6-8-14)18(19,20)21/h2-9H,10H2,1H3,(H,22,25). The maximum absolute atomic E-state index is 12.5. The summed E-state index contributed by atoms with van der Waals surface area (Å²) in [5.41, 5.74) is 1.34. The van der Waals surface area contributed by atoms with Crippen molar-refractivity contribution in [3.63, 3.8) is 0 Å². The van der Waals surface area contributed by atoms with Gasteiger partial charge in [0.1, 0.15) is 0 Å². The number of nitrogens with zero attached hydrogens (tertiary/aromatic N) is 2. The van der Waals surface area contributed by atoms with Gasteiger partial charge in [0, 0.05) is 11.3 Å².